The number of hydrogen-bond donors (Lipinski definition) is 2. The topological polar surface area (TPSA) is 71.2 Å². The summed E-state index contributed by atoms with van der Waals surface area (Å²) in [6.07, 6.45) is 0.515. The van der Waals surface area contributed by atoms with E-state index in [0.29, 0.717) is 19.5 Å². The van der Waals surface area contributed by atoms with Crippen molar-refractivity contribution in [3.63, 3.8) is 0 Å². The standard InChI is InChI=1S/C14H16N4O/c15-11-2-3-12-10(9-11)1-4-13(17-12)18-7-5-14(19)16-6-8-18/h1-4,9H,5-8,15H2,(H,16,19). The minimum absolute atomic E-state index is 0.107. The van der Waals surface area contributed by atoms with Gasteiger partial charge in [0.25, 0.3) is 0 Å². The molecule has 0 aliphatic carbocycles. The second kappa shape index (κ2) is 4.76. The smallest absolute Gasteiger partial charge is 0.221 e. The predicted molar refractivity (Wildman–Crippen MR) is 76.0 cm³/mol. The van der Waals surface area contributed by atoms with Gasteiger partial charge in [0.05, 0.1) is 5.52 Å². The van der Waals surface area contributed by atoms with Crippen molar-refractivity contribution in [2.45, 2.75) is 6.42 Å². The molecule has 2 aromatic rings. The van der Waals surface area contributed by atoms with Crippen LogP contribution in [0.15, 0.2) is 30.3 Å². The zero-order valence-electron chi connectivity index (χ0n) is 10.6. The average molecular weight is 256 g/mol. The molecule has 0 bridgehead atoms. The molecule has 1 aromatic carbocycles. The summed E-state index contributed by atoms with van der Waals surface area (Å²) >= 11 is 0. The summed E-state index contributed by atoms with van der Waals surface area (Å²) in [4.78, 5) is 18.1. The summed E-state index contributed by atoms with van der Waals surface area (Å²) in [7, 11) is 0. The minimum Gasteiger partial charge on any atom is -0.399 e. The Bertz CT molecular complexity index is 626. The lowest BCUT2D eigenvalue weighted by Gasteiger charge is -2.20. The van der Waals surface area contributed by atoms with E-state index in [4.69, 9.17) is 5.73 Å². The maximum absolute atomic E-state index is 11.3. The molecule has 3 N–H and O–H groups in total. The monoisotopic (exact) mass is 256 g/mol. The van der Waals surface area contributed by atoms with Crippen LogP contribution in [-0.4, -0.2) is 30.5 Å². The van der Waals surface area contributed by atoms with Crippen molar-refractivity contribution in [3.05, 3.63) is 30.3 Å². The number of nitrogen functional groups attached to an aromatic ring is 1. The summed E-state index contributed by atoms with van der Waals surface area (Å²) in [6, 6.07) is 9.70. The lowest BCUT2D eigenvalue weighted by atomic mass is 10.2. The molecule has 98 valence electrons. The average Bonchev–Trinajstić information content (AvgIpc) is 2.63. The van der Waals surface area contributed by atoms with Gasteiger partial charge in [-0.3, -0.25) is 4.79 Å². The number of nitrogens with zero attached hydrogens (tertiary/aromatic N) is 2. The minimum atomic E-state index is 0.107. The van der Waals surface area contributed by atoms with E-state index in [2.05, 4.69) is 15.2 Å². The third-order valence-electron chi connectivity index (χ3n) is 3.34. The maximum Gasteiger partial charge on any atom is 0.221 e. The first-order valence-electron chi connectivity index (χ1n) is 6.40. The number of hydrogen-bond acceptors (Lipinski definition) is 4. The van der Waals surface area contributed by atoms with Gasteiger partial charge in [-0.2, -0.15) is 0 Å². The van der Waals surface area contributed by atoms with E-state index in [1.54, 1.807) is 0 Å². The van der Waals surface area contributed by atoms with E-state index >= 15 is 0 Å². The highest BCUT2D eigenvalue weighted by atomic mass is 16.1. The van der Waals surface area contributed by atoms with Gasteiger partial charge in [-0.1, -0.05) is 0 Å². The number of carbonyl (C=O) groups excluding carboxylic acids is 1. The van der Waals surface area contributed by atoms with Crippen molar-refractivity contribution < 1.29 is 4.79 Å². The molecule has 0 saturated carbocycles. The van der Waals surface area contributed by atoms with Gasteiger partial charge < -0.3 is 16.0 Å². The molecular formula is C14H16N4O. The number of pyridine rings is 1. The molecule has 3 rings (SSSR count). The zero-order valence-corrected chi connectivity index (χ0v) is 10.6. The quantitative estimate of drug-likeness (QED) is 0.751. The van der Waals surface area contributed by atoms with Gasteiger partial charge >= 0.3 is 0 Å². The molecule has 1 fully saturated rings. The highest BCUT2D eigenvalue weighted by Crippen LogP contribution is 2.20. The van der Waals surface area contributed by atoms with Crippen LogP contribution in [0.4, 0.5) is 11.5 Å². The molecule has 1 aliphatic heterocycles. The van der Waals surface area contributed by atoms with Gasteiger partial charge in [0.1, 0.15) is 5.82 Å². The van der Waals surface area contributed by atoms with Crippen molar-refractivity contribution in [2.75, 3.05) is 30.3 Å². The summed E-state index contributed by atoms with van der Waals surface area (Å²) in [5, 5.41) is 3.90. The molecule has 0 unspecified atom stereocenters. The first-order chi connectivity index (χ1) is 9.22. The van der Waals surface area contributed by atoms with E-state index in [0.717, 1.165) is 29.0 Å². The Kier molecular flexibility index (Phi) is 2.95. The van der Waals surface area contributed by atoms with E-state index in [9.17, 15) is 4.79 Å². The van der Waals surface area contributed by atoms with Gasteiger partial charge in [-0.25, -0.2) is 4.98 Å². The van der Waals surface area contributed by atoms with E-state index in [1.807, 2.05) is 30.3 Å². The predicted octanol–water partition coefficient (Wildman–Crippen LogP) is 1.14. The summed E-state index contributed by atoms with van der Waals surface area (Å²) in [6.45, 7) is 2.17. The first-order valence-corrected chi connectivity index (χ1v) is 6.40. The molecular weight excluding hydrogens is 240 g/mol. The van der Waals surface area contributed by atoms with Crippen LogP contribution in [0.25, 0.3) is 10.9 Å². The molecule has 0 radical (unpaired) electrons. The molecule has 0 spiro atoms. The fourth-order valence-corrected chi connectivity index (χ4v) is 2.31. The van der Waals surface area contributed by atoms with Gasteiger partial charge in [-0.05, 0) is 30.3 Å². The van der Waals surface area contributed by atoms with Crippen LogP contribution in [0.3, 0.4) is 0 Å². The second-order valence-electron chi connectivity index (χ2n) is 4.71. The molecule has 5 nitrogen and oxygen atoms in total. The van der Waals surface area contributed by atoms with Gasteiger partial charge in [0.2, 0.25) is 5.91 Å². The van der Waals surface area contributed by atoms with Crippen LogP contribution in [0.1, 0.15) is 6.42 Å². The molecule has 5 heteroatoms. The Hall–Kier alpha value is -2.30. The van der Waals surface area contributed by atoms with Crippen LogP contribution in [0.2, 0.25) is 0 Å². The molecule has 1 aromatic heterocycles. The molecule has 19 heavy (non-hydrogen) atoms. The van der Waals surface area contributed by atoms with E-state index in [1.165, 1.54) is 0 Å². The molecule has 1 saturated heterocycles. The van der Waals surface area contributed by atoms with E-state index in [-0.39, 0.29) is 5.91 Å². The fourth-order valence-electron chi connectivity index (χ4n) is 2.31. The first kappa shape index (κ1) is 11.8. The number of anilines is 2. The van der Waals surface area contributed by atoms with Crippen molar-refractivity contribution in [2.24, 2.45) is 0 Å². The Morgan fingerprint density at radius 1 is 1.21 bits per heavy atom. The molecule has 1 aliphatic rings. The fraction of sp³-hybridized carbons (Fsp3) is 0.286. The Balaban J connectivity index is 1.92. The van der Waals surface area contributed by atoms with Crippen LogP contribution < -0.4 is 16.0 Å². The van der Waals surface area contributed by atoms with Crippen molar-refractivity contribution in [1.29, 1.82) is 0 Å². The van der Waals surface area contributed by atoms with Crippen LogP contribution in [0.5, 0.6) is 0 Å². The lowest BCUT2D eigenvalue weighted by molar-refractivity contribution is -0.120. The molecule has 0 atom stereocenters. The number of amides is 1. The largest absolute Gasteiger partial charge is 0.399 e. The number of nitrogens with one attached hydrogen (secondary N) is 1. The van der Waals surface area contributed by atoms with Crippen molar-refractivity contribution in [1.82, 2.24) is 10.3 Å². The summed E-state index contributed by atoms with van der Waals surface area (Å²) in [5.41, 5.74) is 7.43. The number of benzene rings is 1. The molecule has 2 heterocycles. The maximum atomic E-state index is 11.3. The Morgan fingerprint density at radius 2 is 2.11 bits per heavy atom. The number of aromatic nitrogens is 1. The van der Waals surface area contributed by atoms with Crippen LogP contribution in [0, 0.1) is 0 Å². The second-order valence-corrected chi connectivity index (χ2v) is 4.71. The van der Waals surface area contributed by atoms with Crippen molar-refractivity contribution >= 4 is 28.3 Å². The number of rotatable bonds is 1. The van der Waals surface area contributed by atoms with Gasteiger partial charge in [0, 0.05) is 37.1 Å². The number of carbonyl (C=O) groups is 1. The molecule has 1 amide bonds. The highest BCUT2D eigenvalue weighted by molar-refractivity contribution is 5.83. The summed E-state index contributed by atoms with van der Waals surface area (Å²) < 4.78 is 0. The third-order valence-corrected chi connectivity index (χ3v) is 3.34. The third kappa shape index (κ3) is 2.45. The highest BCUT2D eigenvalue weighted by Gasteiger charge is 2.14. The number of fused-ring (bicyclic) bond motifs is 1. The zero-order chi connectivity index (χ0) is 13.2. The number of nitrogens with two attached hydrogens (primary N) is 1. The van der Waals surface area contributed by atoms with Crippen LogP contribution in [-0.2, 0) is 4.79 Å². The van der Waals surface area contributed by atoms with E-state index < -0.39 is 0 Å². The Labute approximate surface area is 111 Å². The normalized spacial score (nSPS) is 16.2. The SMILES string of the molecule is Nc1ccc2nc(N3CCNC(=O)CC3)ccc2c1. The Morgan fingerprint density at radius 3 is 3.00 bits per heavy atom. The lowest BCUT2D eigenvalue weighted by Crippen LogP contribution is -2.28. The summed E-state index contributed by atoms with van der Waals surface area (Å²) in [5.74, 6) is 1.02. The van der Waals surface area contributed by atoms with Crippen molar-refractivity contribution in [3.8, 4) is 0 Å². The van der Waals surface area contributed by atoms with Gasteiger partial charge in [0.15, 0.2) is 0 Å². The van der Waals surface area contributed by atoms with Gasteiger partial charge in [-0.15, -0.1) is 0 Å². The van der Waals surface area contributed by atoms with Crippen LogP contribution >= 0.6 is 0 Å².